The molecule has 0 aromatic carbocycles. The van der Waals surface area contributed by atoms with Crippen LogP contribution in [0.3, 0.4) is 0 Å². The summed E-state index contributed by atoms with van der Waals surface area (Å²) in [6.45, 7) is 8.97. The second-order valence-corrected chi connectivity index (χ2v) is 5.33. The summed E-state index contributed by atoms with van der Waals surface area (Å²) >= 11 is 6.25. The van der Waals surface area contributed by atoms with Crippen LogP contribution in [-0.2, 0) is 17.8 Å². The summed E-state index contributed by atoms with van der Waals surface area (Å²) in [5.74, 6) is 0.163. The van der Waals surface area contributed by atoms with Gasteiger partial charge < -0.3 is 5.73 Å². The molecule has 2 N–H and O–H groups in total. The molecule has 0 atom stereocenters. The normalized spacial score (nSPS) is 11.9. The molecule has 0 aliphatic rings. The maximum atomic E-state index is 12.6. The number of hydrogen-bond acceptors (Lipinski definition) is 3. The van der Waals surface area contributed by atoms with Crippen LogP contribution in [0.1, 0.15) is 45.0 Å². The number of aryl methyl sites for hydroxylation is 2. The van der Waals surface area contributed by atoms with Gasteiger partial charge in [0.2, 0.25) is 0 Å². The highest BCUT2D eigenvalue weighted by atomic mass is 35.5. The van der Waals surface area contributed by atoms with Crippen molar-refractivity contribution in [3.8, 4) is 0 Å². The van der Waals surface area contributed by atoms with Crippen molar-refractivity contribution in [1.29, 1.82) is 0 Å². The van der Waals surface area contributed by atoms with Crippen molar-refractivity contribution in [2.45, 2.75) is 53.5 Å². The smallest absolute Gasteiger partial charge is 0.146 e. The Bertz CT molecular complexity index is 442. The van der Waals surface area contributed by atoms with Gasteiger partial charge in [-0.15, -0.1) is 0 Å². The fourth-order valence-corrected chi connectivity index (χ4v) is 2.63. The first-order chi connectivity index (χ1) is 8.95. The van der Waals surface area contributed by atoms with Gasteiger partial charge >= 0.3 is 0 Å². The molecule has 0 aliphatic carbocycles. The molecule has 0 saturated heterocycles. The van der Waals surface area contributed by atoms with Crippen molar-refractivity contribution < 1.29 is 4.79 Å². The van der Waals surface area contributed by atoms with Gasteiger partial charge in [0.25, 0.3) is 0 Å². The molecule has 0 bridgehead atoms. The molecule has 0 aliphatic heterocycles. The highest BCUT2D eigenvalue weighted by molar-refractivity contribution is 6.32. The van der Waals surface area contributed by atoms with Crippen LogP contribution < -0.4 is 5.73 Å². The molecule has 5 heteroatoms. The number of carbonyl (C=O) groups is 1. The highest BCUT2D eigenvalue weighted by Gasteiger charge is 2.34. The summed E-state index contributed by atoms with van der Waals surface area (Å²) in [6.07, 6.45) is 1.83. The maximum Gasteiger partial charge on any atom is 0.146 e. The van der Waals surface area contributed by atoms with Crippen LogP contribution in [0.2, 0.25) is 5.02 Å². The Morgan fingerprint density at radius 1 is 1.37 bits per heavy atom. The fourth-order valence-electron chi connectivity index (χ4n) is 2.42. The van der Waals surface area contributed by atoms with E-state index in [4.69, 9.17) is 17.3 Å². The van der Waals surface area contributed by atoms with E-state index in [-0.39, 0.29) is 5.78 Å². The molecule has 0 saturated carbocycles. The van der Waals surface area contributed by atoms with Gasteiger partial charge in [-0.2, -0.15) is 5.10 Å². The van der Waals surface area contributed by atoms with E-state index >= 15 is 0 Å². The Labute approximate surface area is 120 Å². The van der Waals surface area contributed by atoms with Gasteiger partial charge in [-0.25, -0.2) is 0 Å². The molecule has 1 rings (SSSR count). The second-order valence-electron chi connectivity index (χ2n) is 4.95. The first-order valence-corrected chi connectivity index (χ1v) is 7.28. The van der Waals surface area contributed by atoms with Crippen molar-refractivity contribution in [2.75, 3.05) is 6.54 Å². The van der Waals surface area contributed by atoms with Crippen LogP contribution in [0.15, 0.2) is 0 Å². The van der Waals surface area contributed by atoms with Crippen LogP contribution in [0.25, 0.3) is 0 Å². The highest BCUT2D eigenvalue weighted by Crippen LogP contribution is 2.30. The van der Waals surface area contributed by atoms with Crippen LogP contribution in [-0.4, -0.2) is 22.1 Å². The number of aromatic nitrogens is 2. The minimum atomic E-state index is -0.430. The fraction of sp³-hybridized carbons (Fsp3) is 0.714. The third-order valence-corrected chi connectivity index (χ3v) is 4.61. The first kappa shape index (κ1) is 16.2. The summed E-state index contributed by atoms with van der Waals surface area (Å²) in [4.78, 5) is 12.6. The quantitative estimate of drug-likeness (QED) is 0.838. The molecule has 0 unspecified atom stereocenters. The van der Waals surface area contributed by atoms with Gasteiger partial charge in [0.15, 0.2) is 0 Å². The molecule has 0 radical (unpaired) electrons. The van der Waals surface area contributed by atoms with E-state index in [0.717, 1.165) is 24.2 Å². The lowest BCUT2D eigenvalue weighted by molar-refractivity contribution is -0.128. The summed E-state index contributed by atoms with van der Waals surface area (Å²) in [5.41, 5.74) is 6.98. The summed E-state index contributed by atoms with van der Waals surface area (Å²) < 4.78 is 1.81. The summed E-state index contributed by atoms with van der Waals surface area (Å²) in [5, 5.41) is 4.95. The Kier molecular flexibility index (Phi) is 5.56. The van der Waals surface area contributed by atoms with E-state index in [0.29, 0.717) is 24.5 Å². The number of rotatable bonds is 7. The zero-order valence-corrected chi connectivity index (χ0v) is 13.0. The lowest BCUT2D eigenvalue weighted by Crippen LogP contribution is -2.39. The Morgan fingerprint density at radius 2 is 1.95 bits per heavy atom. The molecule has 1 heterocycles. The molecule has 4 nitrogen and oxygen atoms in total. The van der Waals surface area contributed by atoms with Crippen molar-refractivity contribution in [2.24, 2.45) is 11.1 Å². The van der Waals surface area contributed by atoms with Crippen molar-refractivity contribution >= 4 is 17.4 Å². The average molecular weight is 286 g/mol. The van der Waals surface area contributed by atoms with Gasteiger partial charge in [-0.1, -0.05) is 25.4 Å². The minimum absolute atomic E-state index is 0.163. The number of nitrogens with zero attached hydrogens (tertiary/aromatic N) is 2. The standard InChI is InChI=1S/C14H24ClN3O/c1-5-14(6-2,9-16)12(19)8-11-13(15)10(4)17-18(11)7-3/h5-9,16H2,1-4H3. The van der Waals surface area contributed by atoms with E-state index in [1.165, 1.54) is 0 Å². The number of carbonyl (C=O) groups excluding carboxylic acids is 1. The van der Waals surface area contributed by atoms with Crippen LogP contribution in [0.4, 0.5) is 0 Å². The van der Waals surface area contributed by atoms with E-state index in [2.05, 4.69) is 5.10 Å². The largest absolute Gasteiger partial charge is 0.329 e. The minimum Gasteiger partial charge on any atom is -0.329 e. The molecule has 19 heavy (non-hydrogen) atoms. The van der Waals surface area contributed by atoms with Gasteiger partial charge in [-0.05, 0) is 26.7 Å². The molecule has 108 valence electrons. The van der Waals surface area contributed by atoms with Crippen LogP contribution in [0, 0.1) is 12.3 Å². The van der Waals surface area contributed by atoms with Gasteiger partial charge in [0.05, 0.1) is 22.8 Å². The predicted molar refractivity (Wildman–Crippen MR) is 78.4 cm³/mol. The Hall–Kier alpha value is -0.870. The van der Waals surface area contributed by atoms with Crippen molar-refractivity contribution in [1.82, 2.24) is 9.78 Å². The summed E-state index contributed by atoms with van der Waals surface area (Å²) in [6, 6.07) is 0. The summed E-state index contributed by atoms with van der Waals surface area (Å²) in [7, 11) is 0. The second kappa shape index (κ2) is 6.53. The van der Waals surface area contributed by atoms with E-state index in [9.17, 15) is 4.79 Å². The molecule has 0 amide bonds. The predicted octanol–water partition coefficient (Wildman–Crippen LogP) is 2.74. The molecule has 1 aromatic rings. The Balaban J connectivity index is 3.05. The molecular formula is C14H24ClN3O. The van der Waals surface area contributed by atoms with Crippen LogP contribution in [0.5, 0.6) is 0 Å². The lowest BCUT2D eigenvalue weighted by atomic mass is 9.77. The monoisotopic (exact) mass is 285 g/mol. The van der Waals surface area contributed by atoms with Crippen molar-refractivity contribution in [3.05, 3.63) is 16.4 Å². The number of hydrogen-bond donors (Lipinski definition) is 1. The Morgan fingerprint density at radius 3 is 2.37 bits per heavy atom. The lowest BCUT2D eigenvalue weighted by Gasteiger charge is -2.28. The number of nitrogens with two attached hydrogens (primary N) is 1. The van der Waals surface area contributed by atoms with Crippen molar-refractivity contribution in [3.63, 3.8) is 0 Å². The third kappa shape index (κ3) is 3.00. The molecule has 0 spiro atoms. The number of Topliss-reactive ketones (excluding diaryl/α,β-unsaturated/α-hetero) is 1. The molecule has 1 aromatic heterocycles. The number of halogens is 1. The van der Waals surface area contributed by atoms with Gasteiger partial charge in [0.1, 0.15) is 5.78 Å². The van der Waals surface area contributed by atoms with Crippen LogP contribution >= 0.6 is 11.6 Å². The van der Waals surface area contributed by atoms with E-state index < -0.39 is 5.41 Å². The number of ketones is 1. The maximum absolute atomic E-state index is 12.6. The topological polar surface area (TPSA) is 60.9 Å². The molecular weight excluding hydrogens is 262 g/mol. The van der Waals surface area contributed by atoms with E-state index in [1.807, 2.05) is 32.4 Å². The first-order valence-electron chi connectivity index (χ1n) is 6.90. The molecule has 0 fully saturated rings. The van der Waals surface area contributed by atoms with Gasteiger partial charge in [0, 0.05) is 18.5 Å². The van der Waals surface area contributed by atoms with E-state index in [1.54, 1.807) is 0 Å². The SMILES string of the molecule is CCn1nc(C)c(Cl)c1CC(=O)C(CC)(CC)CN. The zero-order chi connectivity index (χ0) is 14.6. The average Bonchev–Trinajstić information content (AvgIpc) is 2.69. The zero-order valence-electron chi connectivity index (χ0n) is 12.3. The van der Waals surface area contributed by atoms with Gasteiger partial charge in [-0.3, -0.25) is 9.48 Å². The third-order valence-electron chi connectivity index (χ3n) is 4.12.